The first-order valence-electron chi connectivity index (χ1n) is 23.1. The number of aliphatic hydroxyl groups excluding tert-OH is 1. The molecular formula is C54H60N6O6S2. The fourth-order valence-corrected chi connectivity index (χ4v) is 11.9. The Morgan fingerprint density at radius 2 is 1.09 bits per heavy atom. The molecule has 68 heavy (non-hydrogen) atoms. The molecule has 8 rings (SSSR count). The second-order valence-electron chi connectivity index (χ2n) is 18.6. The van der Waals surface area contributed by atoms with Gasteiger partial charge in [-0.2, -0.15) is 0 Å². The van der Waals surface area contributed by atoms with E-state index >= 15 is 0 Å². The van der Waals surface area contributed by atoms with Gasteiger partial charge in [-0.1, -0.05) is 83.2 Å². The minimum Gasteiger partial charge on any atom is -0.460 e. The van der Waals surface area contributed by atoms with Crippen molar-refractivity contribution in [2.75, 3.05) is 6.61 Å². The molecule has 0 bridgehead atoms. The van der Waals surface area contributed by atoms with Gasteiger partial charge in [0.2, 0.25) is 0 Å². The van der Waals surface area contributed by atoms with Gasteiger partial charge in [-0.15, -0.1) is 32.9 Å². The van der Waals surface area contributed by atoms with E-state index in [1.165, 1.54) is 0 Å². The smallest absolute Gasteiger partial charge is 0.312 e. The molecule has 354 valence electrons. The summed E-state index contributed by atoms with van der Waals surface area (Å²) in [6.45, 7) is 20.2. The van der Waals surface area contributed by atoms with Gasteiger partial charge in [0.25, 0.3) is 0 Å². The number of aromatic nitrogens is 6. The number of thiophene rings is 2. The maximum atomic E-state index is 14.1. The predicted molar refractivity (Wildman–Crippen MR) is 268 cm³/mol. The van der Waals surface area contributed by atoms with Crippen molar-refractivity contribution in [2.45, 2.75) is 114 Å². The first-order valence-corrected chi connectivity index (χ1v) is 24.7. The van der Waals surface area contributed by atoms with Gasteiger partial charge in [0.05, 0.1) is 48.2 Å². The lowest BCUT2D eigenvalue weighted by molar-refractivity contribution is -0.156. The molecule has 0 aliphatic carbocycles. The van der Waals surface area contributed by atoms with Gasteiger partial charge in [0.1, 0.15) is 24.2 Å². The monoisotopic (exact) mass is 952 g/mol. The lowest BCUT2D eigenvalue weighted by Gasteiger charge is -2.33. The highest BCUT2D eigenvalue weighted by atomic mass is 32.1. The summed E-state index contributed by atoms with van der Waals surface area (Å²) < 4.78 is 22.1. The first-order chi connectivity index (χ1) is 32.6. The molecule has 8 aromatic rings. The molecule has 0 saturated carbocycles. The highest BCUT2D eigenvalue weighted by Gasteiger charge is 2.44. The standard InChI is InChI=1S/C54H60N6O6S2/c1-10-59-43-23-21-41(33(2)49(43)55-57-59)48(54(8,9)52(63)66-31-38-19-15-12-16-20-38)46-28-40(36(5)68-46)32-64-26-25-60-44-24-22-42(34(3)50(44)56-58-60)47(45-27-39(29-61)35(4)67-45)53(6,7)51(62)65-30-37-17-13-11-14-18-37/h11-24,27-28,47-48,61H,10,25-26,29-32H2,1-9H3/t47-,48+/m0/s1. The summed E-state index contributed by atoms with van der Waals surface area (Å²) in [6, 6.07) is 31.9. The van der Waals surface area contributed by atoms with Gasteiger partial charge in [0, 0.05) is 37.9 Å². The van der Waals surface area contributed by atoms with E-state index in [-0.39, 0.29) is 43.6 Å². The van der Waals surface area contributed by atoms with Crippen molar-refractivity contribution in [3.8, 4) is 0 Å². The molecule has 0 radical (unpaired) electrons. The van der Waals surface area contributed by atoms with Crippen molar-refractivity contribution in [3.05, 3.63) is 161 Å². The molecule has 12 nitrogen and oxygen atoms in total. The lowest BCUT2D eigenvalue weighted by atomic mass is 9.72. The molecule has 0 amide bonds. The van der Waals surface area contributed by atoms with Crippen LogP contribution >= 0.6 is 22.7 Å². The van der Waals surface area contributed by atoms with Crippen LogP contribution in [0, 0.1) is 38.5 Å². The molecule has 0 spiro atoms. The Balaban J connectivity index is 1.01. The maximum Gasteiger partial charge on any atom is 0.312 e. The van der Waals surface area contributed by atoms with Crippen LogP contribution in [0.2, 0.25) is 0 Å². The first kappa shape index (κ1) is 48.4. The number of nitrogens with zero attached hydrogens (tertiary/aromatic N) is 6. The van der Waals surface area contributed by atoms with E-state index in [0.29, 0.717) is 26.3 Å². The Bertz CT molecular complexity index is 3060. The molecule has 4 aromatic carbocycles. The average molecular weight is 953 g/mol. The quantitative estimate of drug-likeness (QED) is 0.0614. The number of esters is 2. The summed E-state index contributed by atoms with van der Waals surface area (Å²) in [5.74, 6) is -1.31. The number of carbonyl (C=O) groups excluding carboxylic acids is 2. The van der Waals surface area contributed by atoms with Gasteiger partial charge < -0.3 is 19.3 Å². The Morgan fingerprint density at radius 3 is 1.56 bits per heavy atom. The van der Waals surface area contributed by atoms with Crippen LogP contribution in [0.3, 0.4) is 0 Å². The molecule has 0 fully saturated rings. The number of fused-ring (bicyclic) bond motifs is 2. The van der Waals surface area contributed by atoms with Crippen molar-refractivity contribution in [3.63, 3.8) is 0 Å². The molecule has 4 heterocycles. The largest absolute Gasteiger partial charge is 0.460 e. The van der Waals surface area contributed by atoms with Gasteiger partial charge in [0.15, 0.2) is 0 Å². The van der Waals surface area contributed by atoms with Crippen LogP contribution in [0.15, 0.2) is 97.1 Å². The molecule has 1 N–H and O–H groups in total. The van der Waals surface area contributed by atoms with Gasteiger partial charge in [-0.05, 0) is 131 Å². The van der Waals surface area contributed by atoms with Crippen LogP contribution in [0.4, 0.5) is 0 Å². The van der Waals surface area contributed by atoms with Crippen molar-refractivity contribution in [1.82, 2.24) is 30.0 Å². The summed E-state index contributed by atoms with van der Waals surface area (Å²) >= 11 is 3.26. The Labute approximate surface area is 405 Å². The van der Waals surface area contributed by atoms with Crippen LogP contribution in [-0.4, -0.2) is 53.6 Å². The molecule has 4 aromatic heterocycles. The van der Waals surface area contributed by atoms with Crippen LogP contribution in [0.1, 0.15) is 110 Å². The van der Waals surface area contributed by atoms with Crippen LogP contribution in [-0.2, 0) is 63.3 Å². The van der Waals surface area contributed by atoms with E-state index in [4.69, 9.17) is 14.2 Å². The molecule has 0 saturated heterocycles. The summed E-state index contributed by atoms with van der Waals surface area (Å²) in [5, 5.41) is 28.3. The second-order valence-corrected chi connectivity index (χ2v) is 21.2. The Kier molecular flexibility index (Phi) is 14.4. The van der Waals surface area contributed by atoms with Crippen molar-refractivity contribution >= 4 is 56.7 Å². The minimum atomic E-state index is -0.968. The predicted octanol–water partition coefficient (Wildman–Crippen LogP) is 11.1. The number of rotatable bonds is 19. The molecule has 0 aliphatic heterocycles. The Morgan fingerprint density at radius 1 is 0.632 bits per heavy atom. The number of hydrogen-bond donors (Lipinski definition) is 1. The van der Waals surface area contributed by atoms with Gasteiger partial charge >= 0.3 is 11.9 Å². The SMILES string of the molecule is CCn1nnc2c(C)c([C@H](c3cc(COCCn4nnc5c(C)c([C@@H](c6cc(CO)c(C)s6)C(C)(C)C(=O)OCc6ccccc6)ccc54)c(C)s3)C(C)(C)C(=O)OCc3ccccc3)ccc21. The highest BCUT2D eigenvalue weighted by molar-refractivity contribution is 7.12. The zero-order valence-corrected chi connectivity index (χ0v) is 42.0. The molecule has 2 atom stereocenters. The second kappa shape index (κ2) is 20.3. The van der Waals surface area contributed by atoms with E-state index in [2.05, 4.69) is 58.7 Å². The average Bonchev–Trinajstić information content (AvgIpc) is 4.13. The van der Waals surface area contributed by atoms with E-state index < -0.39 is 10.8 Å². The zero-order valence-electron chi connectivity index (χ0n) is 40.3. The summed E-state index contributed by atoms with van der Waals surface area (Å²) in [5.41, 5.74) is 9.09. The number of ether oxygens (including phenoxy) is 3. The van der Waals surface area contributed by atoms with Gasteiger partial charge in [-0.3, -0.25) is 9.59 Å². The summed E-state index contributed by atoms with van der Waals surface area (Å²) in [7, 11) is 0. The van der Waals surface area contributed by atoms with Gasteiger partial charge in [-0.25, -0.2) is 9.36 Å². The number of benzene rings is 4. The van der Waals surface area contributed by atoms with E-state index in [0.717, 1.165) is 86.1 Å². The summed E-state index contributed by atoms with van der Waals surface area (Å²) in [6.07, 6.45) is 0. The minimum absolute atomic E-state index is 0.0820. The van der Waals surface area contributed by atoms with Crippen molar-refractivity contribution in [2.24, 2.45) is 10.8 Å². The molecular weight excluding hydrogens is 893 g/mol. The zero-order chi connectivity index (χ0) is 48.3. The molecule has 0 aliphatic rings. The van der Waals surface area contributed by atoms with Crippen LogP contribution in [0.25, 0.3) is 22.1 Å². The van der Waals surface area contributed by atoms with Crippen molar-refractivity contribution in [1.29, 1.82) is 0 Å². The number of hydrogen-bond acceptors (Lipinski definition) is 12. The number of carbonyl (C=O) groups is 2. The molecule has 14 heteroatoms. The third-order valence-corrected chi connectivity index (χ3v) is 15.6. The topological polar surface area (TPSA) is 143 Å². The fraction of sp³-hybridized carbons (Fsp3) is 0.370. The lowest BCUT2D eigenvalue weighted by Crippen LogP contribution is -2.34. The van der Waals surface area contributed by atoms with E-state index in [9.17, 15) is 14.7 Å². The van der Waals surface area contributed by atoms with Crippen molar-refractivity contribution < 1.29 is 28.9 Å². The van der Waals surface area contributed by atoms with Crippen LogP contribution < -0.4 is 0 Å². The third kappa shape index (κ3) is 9.64. The maximum absolute atomic E-state index is 14.1. The fourth-order valence-electron chi connectivity index (χ4n) is 9.25. The third-order valence-electron chi connectivity index (χ3n) is 13.3. The Hall–Kier alpha value is -6.06. The van der Waals surface area contributed by atoms with E-state index in [1.807, 2.05) is 131 Å². The number of aryl methyl sites for hydroxylation is 5. The summed E-state index contributed by atoms with van der Waals surface area (Å²) in [4.78, 5) is 32.3. The van der Waals surface area contributed by atoms with Crippen LogP contribution in [0.5, 0.6) is 0 Å². The highest BCUT2D eigenvalue weighted by Crippen LogP contribution is 2.49. The normalized spacial score (nSPS) is 13.0. The van der Waals surface area contributed by atoms with E-state index in [1.54, 1.807) is 22.7 Å². The molecule has 0 unspecified atom stereocenters. The number of aliphatic hydroxyl groups is 1.